The van der Waals surface area contributed by atoms with Crippen LogP contribution in [0.5, 0.6) is 11.5 Å². The number of amides is 1. The van der Waals surface area contributed by atoms with E-state index in [0.29, 0.717) is 35.0 Å². The molecule has 0 spiro atoms. The lowest BCUT2D eigenvalue weighted by atomic mass is 9.78. The van der Waals surface area contributed by atoms with E-state index in [-0.39, 0.29) is 28.8 Å². The van der Waals surface area contributed by atoms with Gasteiger partial charge in [0.25, 0.3) is 5.69 Å². The number of nitro benzene ring substituents is 1. The van der Waals surface area contributed by atoms with Crippen molar-refractivity contribution in [1.82, 2.24) is 5.43 Å². The van der Waals surface area contributed by atoms with E-state index in [0.717, 1.165) is 16.7 Å². The highest BCUT2D eigenvalue weighted by Crippen LogP contribution is 2.40. The molecule has 0 aliphatic carbocycles. The maximum Gasteiger partial charge on any atom is 0.273 e. The van der Waals surface area contributed by atoms with E-state index >= 15 is 0 Å². The van der Waals surface area contributed by atoms with E-state index in [1.165, 1.54) is 25.5 Å². The molecule has 1 aromatic heterocycles. The van der Waals surface area contributed by atoms with Gasteiger partial charge in [-0.3, -0.25) is 14.9 Å². The van der Waals surface area contributed by atoms with E-state index in [2.05, 4.69) is 52.1 Å². The van der Waals surface area contributed by atoms with Gasteiger partial charge in [-0.05, 0) is 52.1 Å². The maximum absolute atomic E-state index is 12.5. The van der Waals surface area contributed by atoms with Crippen molar-refractivity contribution >= 4 is 17.8 Å². The lowest BCUT2D eigenvalue weighted by molar-refractivity contribution is -0.384. The van der Waals surface area contributed by atoms with Gasteiger partial charge in [0.05, 0.1) is 29.9 Å². The Hall–Kier alpha value is -4.14. The minimum atomic E-state index is -0.496. The standard InChI is InChI=1S/C29H35N3O6/c1-28(2,3)22-14-18(15-23(27(22)34)29(4,5)6)8-13-26(33)31-30-17-20-10-12-24(38-20)21-11-9-19(32(35)36)16-25(21)37-7/h9-12,14-17,34H,8,13H2,1-7H3,(H,31,33)/b30-17-. The molecule has 202 valence electrons. The summed E-state index contributed by atoms with van der Waals surface area (Å²) in [5.74, 6) is 1.20. The summed E-state index contributed by atoms with van der Waals surface area (Å²) >= 11 is 0. The number of hydrazone groups is 1. The number of methoxy groups -OCH3 is 1. The van der Waals surface area contributed by atoms with Crippen molar-refractivity contribution in [3.8, 4) is 22.8 Å². The first-order valence-corrected chi connectivity index (χ1v) is 12.3. The largest absolute Gasteiger partial charge is 0.507 e. The number of benzene rings is 2. The van der Waals surface area contributed by atoms with Crippen LogP contribution in [0.25, 0.3) is 11.3 Å². The van der Waals surface area contributed by atoms with Crippen LogP contribution < -0.4 is 10.2 Å². The van der Waals surface area contributed by atoms with E-state index < -0.39 is 4.92 Å². The Morgan fingerprint density at radius 2 is 1.71 bits per heavy atom. The first-order valence-electron chi connectivity index (χ1n) is 12.3. The van der Waals surface area contributed by atoms with Crippen molar-refractivity contribution in [3.05, 3.63) is 75.0 Å². The zero-order valence-electron chi connectivity index (χ0n) is 22.9. The fourth-order valence-corrected chi connectivity index (χ4v) is 4.03. The number of nitrogens with zero attached hydrogens (tertiary/aromatic N) is 2. The van der Waals surface area contributed by atoms with E-state index in [1.54, 1.807) is 18.2 Å². The molecule has 0 saturated heterocycles. The van der Waals surface area contributed by atoms with Crippen LogP contribution in [0.2, 0.25) is 0 Å². The van der Waals surface area contributed by atoms with Gasteiger partial charge in [-0.15, -0.1) is 0 Å². The summed E-state index contributed by atoms with van der Waals surface area (Å²) in [7, 11) is 1.43. The predicted octanol–water partition coefficient (Wildman–Crippen LogP) is 6.25. The average molecular weight is 522 g/mol. The predicted molar refractivity (Wildman–Crippen MR) is 147 cm³/mol. The quantitative estimate of drug-likeness (QED) is 0.205. The van der Waals surface area contributed by atoms with Crippen molar-refractivity contribution < 1.29 is 24.0 Å². The molecule has 1 amide bonds. The Bertz CT molecular complexity index is 1320. The molecule has 38 heavy (non-hydrogen) atoms. The molecule has 0 saturated carbocycles. The van der Waals surface area contributed by atoms with Gasteiger partial charge in [0.2, 0.25) is 5.91 Å². The van der Waals surface area contributed by atoms with Crippen LogP contribution in [0.1, 0.15) is 70.4 Å². The minimum Gasteiger partial charge on any atom is -0.507 e. The Balaban J connectivity index is 1.66. The second-order valence-electron chi connectivity index (χ2n) is 11.2. The van der Waals surface area contributed by atoms with Crippen molar-refractivity contribution in [3.63, 3.8) is 0 Å². The molecule has 1 heterocycles. The molecule has 0 unspecified atom stereocenters. The highest BCUT2D eigenvalue weighted by molar-refractivity contribution is 5.81. The molecule has 0 aliphatic rings. The van der Waals surface area contributed by atoms with Crippen LogP contribution in [0.4, 0.5) is 5.69 Å². The number of hydrogen-bond donors (Lipinski definition) is 2. The molecule has 2 N–H and O–H groups in total. The number of carbonyl (C=O) groups excluding carboxylic acids is 1. The monoisotopic (exact) mass is 521 g/mol. The summed E-state index contributed by atoms with van der Waals surface area (Å²) in [6.45, 7) is 12.3. The number of phenols is 1. The molecule has 0 atom stereocenters. The van der Waals surface area contributed by atoms with E-state index in [9.17, 15) is 20.0 Å². The van der Waals surface area contributed by atoms with Crippen LogP contribution >= 0.6 is 0 Å². The lowest BCUT2D eigenvalue weighted by Gasteiger charge is -2.28. The van der Waals surface area contributed by atoms with Crippen molar-refractivity contribution in [2.24, 2.45) is 5.10 Å². The molecule has 0 aliphatic heterocycles. The number of aromatic hydroxyl groups is 1. The summed E-state index contributed by atoms with van der Waals surface area (Å²) in [5.41, 5.74) is 5.19. The molecular formula is C29H35N3O6. The van der Waals surface area contributed by atoms with Gasteiger partial charge in [-0.25, -0.2) is 5.43 Å². The molecule has 9 nitrogen and oxygen atoms in total. The van der Waals surface area contributed by atoms with Crippen molar-refractivity contribution in [2.45, 2.75) is 65.2 Å². The first-order chi connectivity index (χ1) is 17.7. The third kappa shape index (κ3) is 6.79. The molecule has 3 rings (SSSR count). The topological polar surface area (TPSA) is 127 Å². The SMILES string of the molecule is COc1cc([N+](=O)[O-])ccc1-c1ccc(/C=N\NC(=O)CCc2cc(C(C)(C)C)c(O)c(C(C)(C)C)c2)o1. The number of hydrogen-bond acceptors (Lipinski definition) is 7. The highest BCUT2D eigenvalue weighted by Gasteiger charge is 2.26. The number of phenolic OH excluding ortho intramolecular Hbond substituents is 1. The number of ether oxygens (including phenoxy) is 1. The number of aryl methyl sites for hydroxylation is 1. The van der Waals surface area contributed by atoms with Crippen LogP contribution in [0.3, 0.4) is 0 Å². The Morgan fingerprint density at radius 3 is 2.26 bits per heavy atom. The van der Waals surface area contributed by atoms with Gasteiger partial charge < -0.3 is 14.3 Å². The van der Waals surface area contributed by atoms with Gasteiger partial charge in [0, 0.05) is 12.5 Å². The smallest absolute Gasteiger partial charge is 0.273 e. The average Bonchev–Trinajstić information content (AvgIpc) is 3.30. The fraction of sp³-hybridized carbons (Fsp3) is 0.379. The number of nitrogens with one attached hydrogen (secondary N) is 1. The van der Waals surface area contributed by atoms with Crippen LogP contribution in [0, 0.1) is 10.1 Å². The first kappa shape index (κ1) is 28.4. The number of nitro groups is 1. The third-order valence-corrected chi connectivity index (χ3v) is 6.10. The van der Waals surface area contributed by atoms with Crippen LogP contribution in [0.15, 0.2) is 52.0 Å². The number of rotatable bonds is 8. The summed E-state index contributed by atoms with van der Waals surface area (Å²) in [6, 6.07) is 11.6. The van der Waals surface area contributed by atoms with Crippen molar-refractivity contribution in [2.75, 3.05) is 7.11 Å². The Morgan fingerprint density at radius 1 is 1.08 bits per heavy atom. The maximum atomic E-state index is 12.5. The molecule has 0 radical (unpaired) electrons. The summed E-state index contributed by atoms with van der Waals surface area (Å²) < 4.78 is 11.0. The summed E-state index contributed by atoms with van der Waals surface area (Å²) in [4.78, 5) is 23.0. The Kier molecular flexibility index (Phi) is 8.29. The van der Waals surface area contributed by atoms with E-state index in [1.807, 2.05) is 12.1 Å². The summed E-state index contributed by atoms with van der Waals surface area (Å²) in [5, 5.41) is 25.9. The van der Waals surface area contributed by atoms with Crippen molar-refractivity contribution in [1.29, 1.82) is 0 Å². The van der Waals surface area contributed by atoms with Crippen LogP contribution in [-0.4, -0.2) is 29.3 Å². The van der Waals surface area contributed by atoms with Gasteiger partial charge in [-0.1, -0.05) is 53.7 Å². The zero-order valence-corrected chi connectivity index (χ0v) is 22.9. The molecule has 9 heteroatoms. The zero-order chi connectivity index (χ0) is 28.3. The fourth-order valence-electron chi connectivity index (χ4n) is 4.03. The normalized spacial score (nSPS) is 12.1. The second kappa shape index (κ2) is 11.1. The van der Waals surface area contributed by atoms with E-state index in [4.69, 9.17) is 9.15 Å². The molecular weight excluding hydrogens is 486 g/mol. The molecule has 0 fully saturated rings. The Labute approximate surface area is 222 Å². The number of furan rings is 1. The highest BCUT2D eigenvalue weighted by atomic mass is 16.6. The summed E-state index contributed by atoms with van der Waals surface area (Å²) in [6.07, 6.45) is 2.10. The van der Waals surface area contributed by atoms with Gasteiger partial charge in [0.15, 0.2) is 0 Å². The molecule has 3 aromatic rings. The van der Waals surface area contributed by atoms with Gasteiger partial charge in [0.1, 0.15) is 23.0 Å². The number of carbonyl (C=O) groups is 1. The lowest BCUT2D eigenvalue weighted by Crippen LogP contribution is -2.20. The third-order valence-electron chi connectivity index (χ3n) is 6.10. The van der Waals surface area contributed by atoms with Crippen LogP contribution in [-0.2, 0) is 22.0 Å². The molecule has 2 aromatic carbocycles. The molecule has 0 bridgehead atoms. The van der Waals surface area contributed by atoms with Gasteiger partial charge in [-0.2, -0.15) is 5.10 Å². The van der Waals surface area contributed by atoms with Gasteiger partial charge >= 0.3 is 0 Å². The number of non-ortho nitro benzene ring substituents is 1. The minimum absolute atomic E-state index is 0.0850. The second-order valence-corrected chi connectivity index (χ2v) is 11.2.